The molecular formula is C21H26ClN2O3+. The molecule has 0 aromatic heterocycles. The van der Waals surface area contributed by atoms with Crippen molar-refractivity contribution in [2.24, 2.45) is 0 Å². The molecule has 1 saturated heterocycles. The first-order valence-electron chi connectivity index (χ1n) is 9.54. The van der Waals surface area contributed by atoms with Crippen LogP contribution >= 0.6 is 11.6 Å². The number of hydrogen-bond donors (Lipinski definition) is 1. The second-order valence-electron chi connectivity index (χ2n) is 7.04. The molecule has 0 saturated carbocycles. The number of benzene rings is 2. The van der Waals surface area contributed by atoms with Gasteiger partial charge in [0.25, 0.3) is 0 Å². The van der Waals surface area contributed by atoms with Crippen molar-refractivity contribution in [3.8, 4) is 17.2 Å². The van der Waals surface area contributed by atoms with Crippen LogP contribution in [0.1, 0.15) is 12.0 Å². The van der Waals surface area contributed by atoms with Gasteiger partial charge in [-0.05, 0) is 24.3 Å². The number of methoxy groups -OCH3 is 1. The Kier molecular flexibility index (Phi) is 5.60. The molecular weight excluding hydrogens is 364 g/mol. The summed E-state index contributed by atoms with van der Waals surface area (Å²) in [6.07, 6.45) is 0.885. The first-order valence-corrected chi connectivity index (χ1v) is 9.92. The summed E-state index contributed by atoms with van der Waals surface area (Å²) in [5.41, 5.74) is 2.38. The van der Waals surface area contributed by atoms with Gasteiger partial charge in [0.2, 0.25) is 0 Å². The van der Waals surface area contributed by atoms with Crippen molar-refractivity contribution in [2.45, 2.75) is 13.0 Å². The fourth-order valence-electron chi connectivity index (χ4n) is 3.81. The van der Waals surface area contributed by atoms with E-state index in [9.17, 15) is 0 Å². The molecule has 0 amide bonds. The number of fused-ring (bicyclic) bond motifs is 1. The van der Waals surface area contributed by atoms with Crippen molar-refractivity contribution in [2.75, 3.05) is 51.4 Å². The predicted molar refractivity (Wildman–Crippen MR) is 107 cm³/mol. The van der Waals surface area contributed by atoms with Gasteiger partial charge in [0.15, 0.2) is 11.5 Å². The summed E-state index contributed by atoms with van der Waals surface area (Å²) in [4.78, 5) is 3.95. The van der Waals surface area contributed by atoms with Gasteiger partial charge in [-0.15, -0.1) is 0 Å². The number of hydrogen-bond acceptors (Lipinski definition) is 4. The summed E-state index contributed by atoms with van der Waals surface area (Å²) in [7, 11) is 1.73. The third-order valence-corrected chi connectivity index (χ3v) is 5.49. The summed E-state index contributed by atoms with van der Waals surface area (Å²) in [6, 6.07) is 12.3. The lowest BCUT2D eigenvalue weighted by Crippen LogP contribution is -3.13. The molecule has 2 aromatic carbocycles. The predicted octanol–water partition coefficient (Wildman–Crippen LogP) is 2.42. The minimum atomic E-state index is 0.649. The minimum absolute atomic E-state index is 0.649. The molecule has 5 nitrogen and oxygen atoms in total. The Hall–Kier alpha value is -2.11. The number of rotatable bonds is 4. The van der Waals surface area contributed by atoms with Gasteiger partial charge in [0.05, 0.1) is 57.2 Å². The highest BCUT2D eigenvalue weighted by Gasteiger charge is 2.23. The Morgan fingerprint density at radius 1 is 1.11 bits per heavy atom. The molecule has 2 heterocycles. The van der Waals surface area contributed by atoms with E-state index in [1.165, 1.54) is 11.3 Å². The molecule has 0 atom stereocenters. The molecule has 2 aliphatic rings. The molecule has 0 radical (unpaired) electrons. The van der Waals surface area contributed by atoms with Crippen molar-refractivity contribution in [1.82, 2.24) is 0 Å². The molecule has 1 N–H and O–H groups in total. The van der Waals surface area contributed by atoms with E-state index in [-0.39, 0.29) is 0 Å². The average molecular weight is 390 g/mol. The average Bonchev–Trinajstić information content (AvgIpc) is 2.94. The van der Waals surface area contributed by atoms with Crippen LogP contribution in [0.25, 0.3) is 0 Å². The maximum absolute atomic E-state index is 6.44. The van der Waals surface area contributed by atoms with Crippen LogP contribution in [0.5, 0.6) is 17.2 Å². The van der Waals surface area contributed by atoms with Gasteiger partial charge < -0.3 is 24.0 Å². The topological polar surface area (TPSA) is 35.4 Å². The van der Waals surface area contributed by atoms with E-state index >= 15 is 0 Å². The maximum atomic E-state index is 6.44. The number of para-hydroxylation sites is 2. The molecule has 6 heteroatoms. The second kappa shape index (κ2) is 8.28. The van der Waals surface area contributed by atoms with Crippen molar-refractivity contribution in [3.63, 3.8) is 0 Å². The summed E-state index contributed by atoms with van der Waals surface area (Å²) in [5.74, 6) is 2.41. The van der Waals surface area contributed by atoms with E-state index in [0.29, 0.717) is 24.0 Å². The standard InChI is InChI=1S/C21H25ClN2O3/c1-25-19-6-3-2-5-18(19)24-9-7-23(8-10-24)15-16-13-17(22)21-20(14-16)26-11-4-12-27-21/h2-3,5-6,13-14H,4,7-12,15H2,1H3/p+1. The molecule has 144 valence electrons. The highest BCUT2D eigenvalue weighted by Crippen LogP contribution is 2.37. The van der Waals surface area contributed by atoms with Crippen LogP contribution in [0, 0.1) is 0 Å². The molecule has 0 unspecified atom stereocenters. The Labute approximate surface area is 165 Å². The number of nitrogens with one attached hydrogen (secondary N) is 1. The fraction of sp³-hybridized carbons (Fsp3) is 0.429. The number of piperazine rings is 1. The van der Waals surface area contributed by atoms with Gasteiger partial charge in [-0.1, -0.05) is 23.7 Å². The highest BCUT2D eigenvalue weighted by molar-refractivity contribution is 6.32. The van der Waals surface area contributed by atoms with Crippen LogP contribution in [-0.2, 0) is 6.54 Å². The molecule has 2 aliphatic heterocycles. The smallest absolute Gasteiger partial charge is 0.179 e. The molecule has 0 aliphatic carbocycles. The van der Waals surface area contributed by atoms with Crippen LogP contribution < -0.4 is 24.0 Å². The van der Waals surface area contributed by atoms with Crippen LogP contribution in [0.15, 0.2) is 36.4 Å². The molecule has 0 bridgehead atoms. The van der Waals surface area contributed by atoms with Crippen LogP contribution in [0.2, 0.25) is 5.02 Å². The third kappa shape index (κ3) is 4.09. The second-order valence-corrected chi connectivity index (χ2v) is 7.45. The van der Waals surface area contributed by atoms with Gasteiger partial charge in [-0.25, -0.2) is 0 Å². The van der Waals surface area contributed by atoms with E-state index in [2.05, 4.69) is 23.1 Å². The van der Waals surface area contributed by atoms with Crippen molar-refractivity contribution in [3.05, 3.63) is 47.0 Å². The normalized spacial score (nSPS) is 17.5. The Bertz CT molecular complexity index is 791. The zero-order valence-corrected chi connectivity index (χ0v) is 16.4. The van der Waals surface area contributed by atoms with Gasteiger partial charge in [-0.3, -0.25) is 0 Å². The van der Waals surface area contributed by atoms with E-state index in [0.717, 1.165) is 50.6 Å². The fourth-order valence-corrected chi connectivity index (χ4v) is 4.09. The van der Waals surface area contributed by atoms with Crippen LogP contribution in [-0.4, -0.2) is 46.5 Å². The largest absolute Gasteiger partial charge is 0.495 e. The third-order valence-electron chi connectivity index (χ3n) is 5.21. The van der Waals surface area contributed by atoms with Gasteiger partial charge in [0, 0.05) is 12.0 Å². The monoisotopic (exact) mass is 389 g/mol. The number of nitrogens with zero attached hydrogens (tertiary/aromatic N) is 1. The maximum Gasteiger partial charge on any atom is 0.179 e. The molecule has 27 heavy (non-hydrogen) atoms. The first kappa shape index (κ1) is 18.3. The summed E-state index contributed by atoms with van der Waals surface area (Å²) in [6.45, 7) is 6.44. The SMILES string of the molecule is COc1ccccc1N1CC[NH+](Cc2cc(Cl)c3c(c2)OCCCO3)CC1. The molecule has 2 aromatic rings. The quantitative estimate of drug-likeness (QED) is 0.871. The molecule has 0 spiro atoms. The Morgan fingerprint density at radius 3 is 2.70 bits per heavy atom. The zero-order chi connectivity index (χ0) is 18.6. The summed E-state index contributed by atoms with van der Waals surface area (Å²) in [5, 5.41) is 0.649. The van der Waals surface area contributed by atoms with E-state index < -0.39 is 0 Å². The van der Waals surface area contributed by atoms with E-state index in [4.69, 9.17) is 25.8 Å². The molecule has 4 rings (SSSR count). The van der Waals surface area contributed by atoms with Crippen molar-refractivity contribution >= 4 is 17.3 Å². The first-order chi connectivity index (χ1) is 13.2. The summed E-state index contributed by atoms with van der Waals surface area (Å²) < 4.78 is 17.1. The lowest BCUT2D eigenvalue weighted by atomic mass is 10.1. The van der Waals surface area contributed by atoms with Crippen LogP contribution in [0.3, 0.4) is 0 Å². The number of halogens is 1. The van der Waals surface area contributed by atoms with Crippen molar-refractivity contribution in [1.29, 1.82) is 0 Å². The lowest BCUT2D eigenvalue weighted by Gasteiger charge is -2.34. The number of quaternary nitrogens is 1. The Morgan fingerprint density at radius 2 is 1.89 bits per heavy atom. The van der Waals surface area contributed by atoms with E-state index in [1.54, 1.807) is 12.0 Å². The molecule has 1 fully saturated rings. The minimum Gasteiger partial charge on any atom is -0.495 e. The summed E-state index contributed by atoms with van der Waals surface area (Å²) >= 11 is 6.44. The van der Waals surface area contributed by atoms with Gasteiger partial charge in [-0.2, -0.15) is 0 Å². The van der Waals surface area contributed by atoms with Gasteiger partial charge in [0.1, 0.15) is 12.3 Å². The van der Waals surface area contributed by atoms with E-state index in [1.807, 2.05) is 18.2 Å². The lowest BCUT2D eigenvalue weighted by molar-refractivity contribution is -0.914. The van der Waals surface area contributed by atoms with Gasteiger partial charge >= 0.3 is 0 Å². The Balaban J connectivity index is 1.41. The zero-order valence-electron chi connectivity index (χ0n) is 15.7. The van der Waals surface area contributed by atoms with Crippen molar-refractivity contribution < 1.29 is 19.1 Å². The number of anilines is 1. The van der Waals surface area contributed by atoms with Crippen LogP contribution in [0.4, 0.5) is 5.69 Å². The number of ether oxygens (including phenoxy) is 3. The highest BCUT2D eigenvalue weighted by atomic mass is 35.5.